The predicted molar refractivity (Wildman–Crippen MR) is 80.4 cm³/mol. The molecule has 0 aromatic rings. The molecule has 3 nitrogen and oxygen atoms in total. The maximum atomic E-state index is 5.59. The van der Waals surface area contributed by atoms with Gasteiger partial charge in [-0.2, -0.15) is 0 Å². The van der Waals surface area contributed by atoms with Crippen molar-refractivity contribution in [3.63, 3.8) is 0 Å². The van der Waals surface area contributed by atoms with Gasteiger partial charge in [-0.1, -0.05) is 32.9 Å². The molecule has 0 aromatic heterocycles. The molecule has 0 aliphatic rings. The largest absolute Gasteiger partial charge is 0.482 e. The van der Waals surface area contributed by atoms with Crippen LogP contribution in [0.4, 0.5) is 0 Å². The summed E-state index contributed by atoms with van der Waals surface area (Å²) in [7, 11) is 0. The van der Waals surface area contributed by atoms with Crippen LogP contribution in [0.2, 0.25) is 0 Å². The van der Waals surface area contributed by atoms with Gasteiger partial charge in [0.05, 0.1) is 5.54 Å². The van der Waals surface area contributed by atoms with Crippen molar-refractivity contribution in [3.05, 3.63) is 12.2 Å². The van der Waals surface area contributed by atoms with E-state index in [2.05, 4.69) is 51.1 Å². The molecule has 0 aromatic carbocycles. The van der Waals surface area contributed by atoms with Crippen LogP contribution in [0.25, 0.3) is 0 Å². The summed E-state index contributed by atoms with van der Waals surface area (Å²) in [5.74, 6) is 0. The van der Waals surface area contributed by atoms with Gasteiger partial charge in [-0.3, -0.25) is 9.89 Å². The molecule has 0 spiro atoms. The average molecular weight is 254 g/mol. The van der Waals surface area contributed by atoms with E-state index in [1.807, 2.05) is 0 Å². The second kappa shape index (κ2) is 9.15. The van der Waals surface area contributed by atoms with Crippen LogP contribution < -0.4 is 0 Å². The van der Waals surface area contributed by atoms with E-state index >= 15 is 0 Å². The van der Waals surface area contributed by atoms with Crippen molar-refractivity contribution in [1.29, 1.82) is 0 Å². The van der Waals surface area contributed by atoms with Crippen molar-refractivity contribution in [2.24, 2.45) is 4.99 Å². The van der Waals surface area contributed by atoms with Gasteiger partial charge in [0.1, 0.15) is 6.61 Å². The van der Waals surface area contributed by atoms with Crippen LogP contribution in [0.15, 0.2) is 17.1 Å². The summed E-state index contributed by atoms with van der Waals surface area (Å²) in [6.07, 6.45) is 3.71. The Hall–Kier alpha value is -0.830. The molecule has 0 aliphatic heterocycles. The summed E-state index contributed by atoms with van der Waals surface area (Å²) in [6, 6.07) is 0. The van der Waals surface area contributed by atoms with E-state index in [-0.39, 0.29) is 5.54 Å². The summed E-state index contributed by atoms with van der Waals surface area (Å²) >= 11 is 0. The standard InChI is InChI=1S/C15H30N2O/c1-7-10-16-13-18-12-15(6,8-2)17(9-3)11-14(4)5/h13H,4,7-12H2,1-3,5-6H3. The molecule has 106 valence electrons. The zero-order chi connectivity index (χ0) is 14.0. The van der Waals surface area contributed by atoms with Crippen LogP contribution in [-0.4, -0.2) is 43.1 Å². The van der Waals surface area contributed by atoms with Gasteiger partial charge in [-0.15, -0.1) is 0 Å². The maximum absolute atomic E-state index is 5.59. The van der Waals surface area contributed by atoms with Gasteiger partial charge in [0.15, 0.2) is 6.40 Å². The average Bonchev–Trinajstić information content (AvgIpc) is 2.35. The predicted octanol–water partition coefficient (Wildman–Crippen LogP) is 3.51. The molecule has 0 aliphatic carbocycles. The normalized spacial score (nSPS) is 15.0. The van der Waals surface area contributed by atoms with Crippen molar-refractivity contribution >= 4 is 6.40 Å². The van der Waals surface area contributed by atoms with Crippen molar-refractivity contribution in [2.45, 2.75) is 53.0 Å². The summed E-state index contributed by atoms with van der Waals surface area (Å²) < 4.78 is 5.59. The van der Waals surface area contributed by atoms with Crippen molar-refractivity contribution in [1.82, 2.24) is 4.90 Å². The van der Waals surface area contributed by atoms with Crippen molar-refractivity contribution < 1.29 is 4.74 Å². The van der Waals surface area contributed by atoms with E-state index in [4.69, 9.17) is 4.74 Å². The minimum Gasteiger partial charge on any atom is -0.482 e. The number of ether oxygens (including phenoxy) is 1. The van der Waals surface area contributed by atoms with Crippen LogP contribution in [0, 0.1) is 0 Å². The van der Waals surface area contributed by atoms with E-state index in [9.17, 15) is 0 Å². The quantitative estimate of drug-likeness (QED) is 0.338. The smallest absolute Gasteiger partial charge is 0.169 e. The molecule has 0 heterocycles. The van der Waals surface area contributed by atoms with E-state index < -0.39 is 0 Å². The first-order chi connectivity index (χ1) is 8.50. The minimum absolute atomic E-state index is 0.0476. The molecule has 1 unspecified atom stereocenters. The second-order valence-electron chi connectivity index (χ2n) is 5.14. The molecular weight excluding hydrogens is 224 g/mol. The van der Waals surface area contributed by atoms with Crippen LogP contribution in [0.5, 0.6) is 0 Å². The molecule has 18 heavy (non-hydrogen) atoms. The van der Waals surface area contributed by atoms with Gasteiger partial charge >= 0.3 is 0 Å². The lowest BCUT2D eigenvalue weighted by Gasteiger charge is -2.39. The zero-order valence-corrected chi connectivity index (χ0v) is 12.8. The number of rotatable bonds is 10. The van der Waals surface area contributed by atoms with E-state index in [0.717, 1.165) is 32.5 Å². The van der Waals surface area contributed by atoms with Crippen molar-refractivity contribution in [3.8, 4) is 0 Å². The number of hydrogen-bond acceptors (Lipinski definition) is 3. The van der Waals surface area contributed by atoms with Gasteiger partial charge in [-0.05, 0) is 33.2 Å². The van der Waals surface area contributed by atoms with E-state index in [1.165, 1.54) is 5.57 Å². The topological polar surface area (TPSA) is 24.8 Å². The third-order valence-corrected chi connectivity index (χ3v) is 3.26. The van der Waals surface area contributed by atoms with Gasteiger partial charge in [0, 0.05) is 13.1 Å². The highest BCUT2D eigenvalue weighted by atomic mass is 16.5. The Balaban J connectivity index is 4.41. The molecule has 0 saturated carbocycles. The van der Waals surface area contributed by atoms with Gasteiger partial charge in [-0.25, -0.2) is 0 Å². The lowest BCUT2D eigenvalue weighted by Crippen LogP contribution is -2.49. The number of likely N-dealkylation sites (N-methyl/N-ethyl adjacent to an activating group) is 1. The lowest BCUT2D eigenvalue weighted by atomic mass is 9.97. The molecular formula is C15H30N2O. The third-order valence-electron chi connectivity index (χ3n) is 3.26. The molecule has 0 bridgehead atoms. The maximum Gasteiger partial charge on any atom is 0.169 e. The summed E-state index contributed by atoms with van der Waals surface area (Å²) in [5, 5.41) is 0. The minimum atomic E-state index is 0.0476. The fourth-order valence-corrected chi connectivity index (χ4v) is 1.88. The molecule has 0 rings (SSSR count). The first-order valence-electron chi connectivity index (χ1n) is 6.99. The SMILES string of the molecule is C=C(C)CN(CC)C(C)(CC)COC=NCCC. The molecule has 1 atom stereocenters. The summed E-state index contributed by atoms with van der Waals surface area (Å²) in [4.78, 5) is 6.61. The van der Waals surface area contributed by atoms with Crippen LogP contribution >= 0.6 is 0 Å². The Labute approximate surface area is 113 Å². The highest BCUT2D eigenvalue weighted by molar-refractivity contribution is 5.46. The highest BCUT2D eigenvalue weighted by Crippen LogP contribution is 2.20. The molecule has 3 heteroatoms. The molecule has 0 radical (unpaired) electrons. The lowest BCUT2D eigenvalue weighted by molar-refractivity contribution is 0.0595. The summed E-state index contributed by atoms with van der Waals surface area (Å²) in [5.41, 5.74) is 1.24. The molecule has 0 N–H and O–H groups in total. The van der Waals surface area contributed by atoms with Crippen LogP contribution in [0.3, 0.4) is 0 Å². The Morgan fingerprint density at radius 3 is 2.50 bits per heavy atom. The summed E-state index contributed by atoms with van der Waals surface area (Å²) in [6.45, 7) is 18.3. The van der Waals surface area contributed by atoms with Gasteiger partial charge < -0.3 is 4.74 Å². The second-order valence-corrected chi connectivity index (χ2v) is 5.14. The molecule has 0 fully saturated rings. The Bertz CT molecular complexity index is 263. The van der Waals surface area contributed by atoms with Crippen LogP contribution in [-0.2, 0) is 4.74 Å². The van der Waals surface area contributed by atoms with Gasteiger partial charge in [0.2, 0.25) is 0 Å². The number of nitrogens with zero attached hydrogens (tertiary/aromatic N) is 2. The Morgan fingerprint density at radius 2 is 2.06 bits per heavy atom. The monoisotopic (exact) mass is 254 g/mol. The van der Waals surface area contributed by atoms with E-state index in [1.54, 1.807) is 6.40 Å². The van der Waals surface area contributed by atoms with Crippen LogP contribution in [0.1, 0.15) is 47.5 Å². The number of hydrogen-bond donors (Lipinski definition) is 0. The Kier molecular flexibility index (Phi) is 8.73. The molecule has 0 amide bonds. The highest BCUT2D eigenvalue weighted by Gasteiger charge is 2.29. The Morgan fingerprint density at radius 1 is 1.39 bits per heavy atom. The first-order valence-corrected chi connectivity index (χ1v) is 6.99. The third kappa shape index (κ3) is 6.20. The van der Waals surface area contributed by atoms with Gasteiger partial charge in [0.25, 0.3) is 0 Å². The zero-order valence-electron chi connectivity index (χ0n) is 12.8. The molecule has 0 saturated heterocycles. The van der Waals surface area contributed by atoms with Crippen molar-refractivity contribution in [2.75, 3.05) is 26.2 Å². The fourth-order valence-electron chi connectivity index (χ4n) is 1.88. The van der Waals surface area contributed by atoms with E-state index in [0.29, 0.717) is 6.61 Å². The first kappa shape index (κ1) is 17.2. The number of aliphatic imine (C=N–C) groups is 1. The fraction of sp³-hybridized carbons (Fsp3) is 0.800.